The van der Waals surface area contributed by atoms with E-state index in [1.54, 1.807) is 0 Å². The van der Waals surface area contributed by atoms with Gasteiger partial charge in [-0.05, 0) is 48.2 Å². The van der Waals surface area contributed by atoms with Crippen LogP contribution in [0.5, 0.6) is 0 Å². The number of aryl methyl sites for hydroxylation is 1. The normalized spacial score (nSPS) is 11.8. The smallest absolute Gasteiger partial charge is 0.312 e. The minimum Gasteiger partial charge on any atom is -0.481 e. The third-order valence-corrected chi connectivity index (χ3v) is 3.93. The van der Waals surface area contributed by atoms with Crippen molar-refractivity contribution in [3.63, 3.8) is 0 Å². The Morgan fingerprint density at radius 1 is 1.00 bits per heavy atom. The summed E-state index contributed by atoms with van der Waals surface area (Å²) in [5, 5.41) is 11.8. The molecule has 7 heteroatoms. The molecule has 0 aliphatic rings. The van der Waals surface area contributed by atoms with Crippen LogP contribution >= 0.6 is 0 Å². The zero-order chi connectivity index (χ0) is 19.1. The molecule has 2 N–H and O–H groups in total. The summed E-state index contributed by atoms with van der Waals surface area (Å²) in [5.41, 5.74) is 0.965. The summed E-state index contributed by atoms with van der Waals surface area (Å²) in [7, 11) is 0. The fourth-order valence-corrected chi connectivity index (χ4v) is 2.50. The van der Waals surface area contributed by atoms with Gasteiger partial charge in [0.05, 0.1) is 5.92 Å². The van der Waals surface area contributed by atoms with Gasteiger partial charge in [0, 0.05) is 13.0 Å². The van der Waals surface area contributed by atoms with Crippen molar-refractivity contribution < 1.29 is 27.9 Å². The monoisotopic (exact) mass is 365 g/mol. The van der Waals surface area contributed by atoms with Crippen LogP contribution in [0.3, 0.4) is 0 Å². The Bertz CT molecular complexity index is 778. The topological polar surface area (TPSA) is 66.4 Å². The lowest BCUT2D eigenvalue weighted by Crippen LogP contribution is -2.31. The lowest BCUT2D eigenvalue weighted by molar-refractivity contribution is -0.138. The summed E-state index contributed by atoms with van der Waals surface area (Å²) in [6.45, 7) is -0.120. The summed E-state index contributed by atoms with van der Waals surface area (Å²) in [4.78, 5) is 23.2. The van der Waals surface area contributed by atoms with E-state index in [0.29, 0.717) is 24.0 Å². The second-order valence-electron chi connectivity index (χ2n) is 5.85. The molecule has 138 valence electrons. The van der Waals surface area contributed by atoms with Gasteiger partial charge in [-0.15, -0.1) is 0 Å². The first-order valence-electron chi connectivity index (χ1n) is 8.05. The van der Waals surface area contributed by atoms with Crippen LogP contribution in [0.1, 0.15) is 29.9 Å². The molecule has 0 spiro atoms. The molecule has 0 radical (unpaired) electrons. The van der Waals surface area contributed by atoms with Gasteiger partial charge in [-0.2, -0.15) is 0 Å². The summed E-state index contributed by atoms with van der Waals surface area (Å²) in [6, 6.07) is 8.62. The van der Waals surface area contributed by atoms with Gasteiger partial charge >= 0.3 is 5.97 Å². The Balaban J connectivity index is 1.81. The molecular formula is C19H18F3NO3. The number of nitrogens with one attached hydrogen (secondary N) is 1. The number of benzene rings is 2. The molecule has 0 saturated heterocycles. The molecule has 0 aliphatic carbocycles. The van der Waals surface area contributed by atoms with Crippen LogP contribution < -0.4 is 5.32 Å². The first kappa shape index (κ1) is 19.5. The minimum absolute atomic E-state index is 0.120. The van der Waals surface area contributed by atoms with Crippen molar-refractivity contribution in [2.45, 2.75) is 25.2 Å². The number of hydrogen-bond acceptors (Lipinski definition) is 2. The summed E-state index contributed by atoms with van der Waals surface area (Å²) >= 11 is 0. The van der Waals surface area contributed by atoms with Crippen molar-refractivity contribution in [3.8, 4) is 0 Å². The van der Waals surface area contributed by atoms with E-state index < -0.39 is 29.3 Å². The third-order valence-electron chi connectivity index (χ3n) is 3.93. The van der Waals surface area contributed by atoms with Gasteiger partial charge in [0.2, 0.25) is 5.91 Å². The number of carboxylic acids is 1. The first-order valence-corrected chi connectivity index (χ1v) is 8.05. The van der Waals surface area contributed by atoms with E-state index in [9.17, 15) is 27.9 Å². The predicted molar refractivity (Wildman–Crippen MR) is 89.1 cm³/mol. The number of carbonyl (C=O) groups excluding carboxylic acids is 1. The maximum Gasteiger partial charge on any atom is 0.312 e. The highest BCUT2D eigenvalue weighted by molar-refractivity contribution is 5.79. The van der Waals surface area contributed by atoms with Crippen molar-refractivity contribution in [1.29, 1.82) is 0 Å². The molecule has 26 heavy (non-hydrogen) atoms. The Morgan fingerprint density at radius 2 is 1.69 bits per heavy atom. The number of rotatable bonds is 8. The van der Waals surface area contributed by atoms with Crippen LogP contribution in [-0.4, -0.2) is 23.5 Å². The second-order valence-corrected chi connectivity index (χ2v) is 5.85. The minimum atomic E-state index is -1.13. The zero-order valence-electron chi connectivity index (χ0n) is 13.8. The predicted octanol–water partition coefficient (Wildman–Crippen LogP) is 3.41. The fraction of sp³-hybridized carbons (Fsp3) is 0.263. The number of hydrogen-bond donors (Lipinski definition) is 2. The highest BCUT2D eigenvalue weighted by Gasteiger charge is 2.20. The Hall–Kier alpha value is -2.83. The fourth-order valence-electron chi connectivity index (χ4n) is 2.50. The molecule has 2 rings (SSSR count). The molecule has 0 fully saturated rings. The van der Waals surface area contributed by atoms with Crippen molar-refractivity contribution >= 4 is 11.9 Å². The van der Waals surface area contributed by atoms with Crippen molar-refractivity contribution in [1.82, 2.24) is 5.32 Å². The van der Waals surface area contributed by atoms with Gasteiger partial charge < -0.3 is 10.4 Å². The molecule has 0 heterocycles. The van der Waals surface area contributed by atoms with E-state index in [1.165, 1.54) is 18.2 Å². The lowest BCUT2D eigenvalue weighted by atomic mass is 9.99. The van der Waals surface area contributed by atoms with Crippen LogP contribution in [0.4, 0.5) is 13.2 Å². The van der Waals surface area contributed by atoms with Crippen LogP contribution in [-0.2, 0) is 16.0 Å². The molecule has 0 saturated carbocycles. The largest absolute Gasteiger partial charge is 0.481 e. The van der Waals surface area contributed by atoms with Crippen molar-refractivity contribution in [3.05, 3.63) is 71.0 Å². The Kier molecular flexibility index (Phi) is 6.77. The van der Waals surface area contributed by atoms with Crippen LogP contribution in [0.2, 0.25) is 0 Å². The standard InChI is InChI=1S/C19H18F3NO3/c20-14-7-5-13(6-8-14)15(19(25)26)11-23-18(24)3-1-2-12-4-9-16(21)17(22)10-12/h4-10,15H,1-3,11H2,(H,23,24)(H,25,26). The highest BCUT2D eigenvalue weighted by Crippen LogP contribution is 2.16. The first-order chi connectivity index (χ1) is 12.4. The van der Waals surface area contributed by atoms with Gasteiger partial charge in [-0.25, -0.2) is 13.2 Å². The summed E-state index contributed by atoms with van der Waals surface area (Å²) in [6.07, 6.45) is 0.922. The van der Waals surface area contributed by atoms with Gasteiger partial charge in [0.15, 0.2) is 11.6 Å². The van der Waals surface area contributed by atoms with Gasteiger partial charge in [0.1, 0.15) is 5.82 Å². The molecule has 0 aliphatic heterocycles. The van der Waals surface area contributed by atoms with E-state index in [4.69, 9.17) is 0 Å². The van der Waals surface area contributed by atoms with Gasteiger partial charge in [-0.3, -0.25) is 9.59 Å². The second kappa shape index (κ2) is 9.03. The number of aliphatic carboxylic acids is 1. The maximum absolute atomic E-state index is 13.1. The number of carbonyl (C=O) groups is 2. The average molecular weight is 365 g/mol. The molecule has 2 aromatic carbocycles. The maximum atomic E-state index is 13.1. The van der Waals surface area contributed by atoms with Crippen LogP contribution in [0, 0.1) is 17.5 Å². The van der Waals surface area contributed by atoms with Crippen molar-refractivity contribution in [2.24, 2.45) is 0 Å². The van der Waals surface area contributed by atoms with Gasteiger partial charge in [-0.1, -0.05) is 18.2 Å². The zero-order valence-corrected chi connectivity index (χ0v) is 13.8. The number of carboxylic acid groups (broad SMARTS) is 1. The molecule has 1 amide bonds. The van der Waals surface area contributed by atoms with E-state index in [0.717, 1.165) is 24.3 Å². The SMILES string of the molecule is O=C(CCCc1ccc(F)c(F)c1)NCC(C(=O)O)c1ccc(F)cc1. The Morgan fingerprint density at radius 3 is 2.31 bits per heavy atom. The molecule has 0 bridgehead atoms. The number of amides is 1. The quantitative estimate of drug-likeness (QED) is 0.753. The Labute approximate surface area is 148 Å². The number of halogens is 3. The van der Waals surface area contributed by atoms with E-state index in [1.807, 2.05) is 0 Å². The molecule has 0 aromatic heterocycles. The van der Waals surface area contributed by atoms with E-state index in [-0.39, 0.29) is 18.9 Å². The molecule has 1 unspecified atom stereocenters. The van der Waals surface area contributed by atoms with Gasteiger partial charge in [0.25, 0.3) is 0 Å². The van der Waals surface area contributed by atoms with Crippen LogP contribution in [0.15, 0.2) is 42.5 Å². The van der Waals surface area contributed by atoms with E-state index >= 15 is 0 Å². The van der Waals surface area contributed by atoms with E-state index in [2.05, 4.69) is 5.32 Å². The lowest BCUT2D eigenvalue weighted by Gasteiger charge is -2.14. The third kappa shape index (κ3) is 5.61. The average Bonchev–Trinajstić information content (AvgIpc) is 2.59. The summed E-state index contributed by atoms with van der Waals surface area (Å²) in [5.74, 6) is -4.79. The summed E-state index contributed by atoms with van der Waals surface area (Å²) < 4.78 is 38.9. The molecule has 2 aromatic rings. The molecular weight excluding hydrogens is 347 g/mol. The highest BCUT2D eigenvalue weighted by atomic mass is 19.2. The molecule has 4 nitrogen and oxygen atoms in total. The van der Waals surface area contributed by atoms with Crippen molar-refractivity contribution in [2.75, 3.05) is 6.54 Å². The molecule has 1 atom stereocenters. The van der Waals surface area contributed by atoms with Crippen LogP contribution in [0.25, 0.3) is 0 Å².